The van der Waals surface area contributed by atoms with E-state index in [0.717, 1.165) is 28.5 Å². The summed E-state index contributed by atoms with van der Waals surface area (Å²) in [6, 6.07) is -0.0661. The Morgan fingerprint density at radius 1 is 1.38 bits per heavy atom. The van der Waals surface area contributed by atoms with Crippen LogP contribution in [0.1, 0.15) is 34.5 Å². The molecule has 0 amide bonds. The summed E-state index contributed by atoms with van der Waals surface area (Å²) in [6.07, 6.45) is 4.25. The molecule has 0 spiro atoms. The van der Waals surface area contributed by atoms with E-state index in [1.54, 1.807) is 6.20 Å². The molecule has 0 saturated carbocycles. The van der Waals surface area contributed by atoms with E-state index in [0.29, 0.717) is 6.42 Å². The molecule has 4 heteroatoms. The minimum absolute atomic E-state index is 0.0661. The van der Waals surface area contributed by atoms with Crippen LogP contribution in [0.4, 0.5) is 0 Å². The lowest BCUT2D eigenvalue weighted by Crippen LogP contribution is -2.15. The molecule has 0 bridgehead atoms. The van der Waals surface area contributed by atoms with Crippen LogP contribution in [0.3, 0.4) is 0 Å². The van der Waals surface area contributed by atoms with Crippen molar-refractivity contribution in [2.24, 2.45) is 5.73 Å². The maximum absolute atomic E-state index is 6.18. The smallest absolute Gasteiger partial charge is 0.107 e. The van der Waals surface area contributed by atoms with Crippen LogP contribution in [-0.2, 0) is 6.42 Å². The van der Waals surface area contributed by atoms with Gasteiger partial charge in [-0.05, 0) is 26.3 Å². The van der Waals surface area contributed by atoms with Gasteiger partial charge in [0.2, 0.25) is 0 Å². The number of nitrogens with two attached hydrogens (primary N) is 1. The minimum Gasteiger partial charge on any atom is -0.466 e. The highest BCUT2D eigenvalue weighted by Gasteiger charge is 2.18. The lowest BCUT2D eigenvalue weighted by molar-refractivity contribution is 0.495. The fraction of sp³-hybridized carbons (Fsp3) is 0.417. The molecule has 2 aromatic heterocycles. The number of hydrogen-bond acceptors (Lipinski definition) is 3. The van der Waals surface area contributed by atoms with Crippen molar-refractivity contribution in [1.29, 1.82) is 0 Å². The number of nitrogens with one attached hydrogen (secondary N) is 1. The molecule has 0 saturated heterocycles. The number of aromatic amines is 1. The molecule has 4 nitrogen and oxygen atoms in total. The van der Waals surface area contributed by atoms with Crippen LogP contribution in [0.5, 0.6) is 0 Å². The van der Waals surface area contributed by atoms with Crippen LogP contribution in [0.2, 0.25) is 0 Å². The Hall–Kier alpha value is -1.55. The molecule has 0 fully saturated rings. The number of rotatable bonds is 3. The maximum atomic E-state index is 6.18. The Kier molecular flexibility index (Phi) is 2.83. The first-order valence-electron chi connectivity index (χ1n) is 5.40. The second-order valence-electron chi connectivity index (χ2n) is 4.10. The Bertz CT molecular complexity index is 471. The van der Waals surface area contributed by atoms with E-state index >= 15 is 0 Å². The Morgan fingerprint density at radius 2 is 2.12 bits per heavy atom. The monoisotopic (exact) mass is 219 g/mol. The fourth-order valence-corrected chi connectivity index (χ4v) is 2.07. The molecule has 86 valence electrons. The highest BCUT2D eigenvalue weighted by atomic mass is 16.3. The van der Waals surface area contributed by atoms with Crippen LogP contribution in [0.15, 0.2) is 16.8 Å². The highest BCUT2D eigenvalue weighted by Crippen LogP contribution is 2.27. The van der Waals surface area contributed by atoms with Gasteiger partial charge < -0.3 is 15.1 Å². The standard InChI is InChI=1S/C12H17N3O/c1-7-8(2)16-9(3)12(7)10(13)6-11-14-4-5-15-11/h4-5,10H,6,13H2,1-3H3,(H,14,15). The Balaban J connectivity index is 2.24. The first kappa shape index (κ1) is 11.0. The summed E-state index contributed by atoms with van der Waals surface area (Å²) in [6.45, 7) is 5.96. The third-order valence-electron chi connectivity index (χ3n) is 2.96. The summed E-state index contributed by atoms with van der Waals surface area (Å²) < 4.78 is 5.57. The van der Waals surface area contributed by atoms with Gasteiger partial charge in [0, 0.05) is 30.4 Å². The predicted molar refractivity (Wildman–Crippen MR) is 62.1 cm³/mol. The van der Waals surface area contributed by atoms with E-state index in [2.05, 4.69) is 9.97 Å². The summed E-state index contributed by atoms with van der Waals surface area (Å²) in [5, 5.41) is 0. The number of H-pyrrole nitrogens is 1. The number of furan rings is 1. The van der Waals surface area contributed by atoms with Crippen LogP contribution in [0.25, 0.3) is 0 Å². The van der Waals surface area contributed by atoms with Gasteiger partial charge in [-0.2, -0.15) is 0 Å². The molecule has 2 aromatic rings. The number of nitrogens with zero attached hydrogens (tertiary/aromatic N) is 1. The predicted octanol–water partition coefficient (Wildman–Crippen LogP) is 2.17. The molecule has 0 radical (unpaired) electrons. The molecule has 1 atom stereocenters. The van der Waals surface area contributed by atoms with Gasteiger partial charge >= 0.3 is 0 Å². The van der Waals surface area contributed by atoms with Gasteiger partial charge in [0.25, 0.3) is 0 Å². The first-order valence-corrected chi connectivity index (χ1v) is 5.40. The zero-order chi connectivity index (χ0) is 11.7. The summed E-state index contributed by atoms with van der Waals surface area (Å²) in [7, 11) is 0. The molecule has 0 aromatic carbocycles. The summed E-state index contributed by atoms with van der Waals surface area (Å²) in [5.41, 5.74) is 8.44. The van der Waals surface area contributed by atoms with E-state index in [4.69, 9.17) is 10.2 Å². The second-order valence-corrected chi connectivity index (χ2v) is 4.10. The maximum Gasteiger partial charge on any atom is 0.107 e. The molecule has 1 unspecified atom stereocenters. The van der Waals surface area contributed by atoms with Crippen LogP contribution in [-0.4, -0.2) is 9.97 Å². The molecule has 0 aliphatic heterocycles. The first-order chi connectivity index (χ1) is 7.59. The van der Waals surface area contributed by atoms with E-state index in [1.165, 1.54) is 0 Å². The molecule has 0 aliphatic carbocycles. The van der Waals surface area contributed by atoms with Crippen molar-refractivity contribution in [3.63, 3.8) is 0 Å². The van der Waals surface area contributed by atoms with Gasteiger partial charge in [0.15, 0.2) is 0 Å². The molecule has 2 rings (SSSR count). The molecule has 16 heavy (non-hydrogen) atoms. The molecule has 0 aliphatic rings. The van der Waals surface area contributed by atoms with Crippen molar-refractivity contribution < 1.29 is 4.42 Å². The second kappa shape index (κ2) is 4.14. The third-order valence-corrected chi connectivity index (χ3v) is 2.96. The fourth-order valence-electron chi connectivity index (χ4n) is 2.07. The number of hydrogen-bond donors (Lipinski definition) is 2. The van der Waals surface area contributed by atoms with Gasteiger partial charge in [-0.25, -0.2) is 4.98 Å². The zero-order valence-corrected chi connectivity index (χ0v) is 9.87. The van der Waals surface area contributed by atoms with Gasteiger partial charge in [-0.1, -0.05) is 0 Å². The normalized spacial score (nSPS) is 13.0. The number of aryl methyl sites for hydroxylation is 2. The quantitative estimate of drug-likeness (QED) is 0.831. The van der Waals surface area contributed by atoms with Crippen LogP contribution < -0.4 is 5.73 Å². The molecule has 2 heterocycles. The van der Waals surface area contributed by atoms with Crippen molar-refractivity contribution in [2.45, 2.75) is 33.2 Å². The lowest BCUT2D eigenvalue weighted by atomic mass is 10.0. The van der Waals surface area contributed by atoms with Gasteiger partial charge in [0.05, 0.1) is 0 Å². The average molecular weight is 219 g/mol. The van der Waals surface area contributed by atoms with E-state index in [-0.39, 0.29) is 6.04 Å². The molecular formula is C12H17N3O. The van der Waals surface area contributed by atoms with E-state index in [1.807, 2.05) is 27.0 Å². The van der Waals surface area contributed by atoms with E-state index < -0.39 is 0 Å². The van der Waals surface area contributed by atoms with E-state index in [9.17, 15) is 0 Å². The molecule has 3 N–H and O–H groups in total. The summed E-state index contributed by atoms with van der Waals surface area (Å²) in [5.74, 6) is 2.77. The van der Waals surface area contributed by atoms with Gasteiger partial charge in [-0.3, -0.25) is 0 Å². The zero-order valence-electron chi connectivity index (χ0n) is 9.87. The summed E-state index contributed by atoms with van der Waals surface area (Å²) in [4.78, 5) is 7.24. The Labute approximate surface area is 94.9 Å². The molecular weight excluding hydrogens is 202 g/mol. The van der Waals surface area contributed by atoms with Gasteiger partial charge in [-0.15, -0.1) is 0 Å². The average Bonchev–Trinajstić information content (AvgIpc) is 2.77. The van der Waals surface area contributed by atoms with Crippen LogP contribution >= 0.6 is 0 Å². The lowest BCUT2D eigenvalue weighted by Gasteiger charge is -2.10. The summed E-state index contributed by atoms with van der Waals surface area (Å²) >= 11 is 0. The highest BCUT2D eigenvalue weighted by molar-refractivity contribution is 5.34. The number of imidazole rings is 1. The van der Waals surface area contributed by atoms with Crippen molar-refractivity contribution >= 4 is 0 Å². The largest absolute Gasteiger partial charge is 0.466 e. The topological polar surface area (TPSA) is 67.8 Å². The van der Waals surface area contributed by atoms with Crippen molar-refractivity contribution in [1.82, 2.24) is 9.97 Å². The third kappa shape index (κ3) is 1.88. The Morgan fingerprint density at radius 3 is 2.62 bits per heavy atom. The van der Waals surface area contributed by atoms with Crippen LogP contribution in [0, 0.1) is 20.8 Å². The minimum atomic E-state index is -0.0661. The number of aromatic nitrogens is 2. The SMILES string of the molecule is Cc1oc(C)c(C(N)Cc2ncc[nH]2)c1C. The van der Waals surface area contributed by atoms with Crippen molar-refractivity contribution in [3.05, 3.63) is 40.9 Å². The van der Waals surface area contributed by atoms with Crippen molar-refractivity contribution in [3.8, 4) is 0 Å². The van der Waals surface area contributed by atoms with Crippen molar-refractivity contribution in [2.75, 3.05) is 0 Å². The van der Waals surface area contributed by atoms with Gasteiger partial charge in [0.1, 0.15) is 17.3 Å².